The van der Waals surface area contributed by atoms with Crippen molar-refractivity contribution in [3.05, 3.63) is 41.6 Å². The Hall–Kier alpha value is -2.39. The molecule has 3 rings (SSSR count). The Balaban J connectivity index is 1.80. The predicted molar refractivity (Wildman–Crippen MR) is 101 cm³/mol. The molecular weight excluding hydrogens is 368 g/mol. The number of benzene rings is 1. The van der Waals surface area contributed by atoms with Gasteiger partial charge in [0.25, 0.3) is 10.0 Å². The molecule has 8 nitrogen and oxygen atoms in total. The maximum absolute atomic E-state index is 13.0. The van der Waals surface area contributed by atoms with E-state index < -0.39 is 16.0 Å². The Morgan fingerprint density at radius 1 is 1.37 bits per heavy atom. The van der Waals surface area contributed by atoms with Crippen molar-refractivity contribution in [2.75, 3.05) is 31.1 Å². The van der Waals surface area contributed by atoms with Crippen LogP contribution in [0.4, 0.5) is 5.69 Å². The Morgan fingerprint density at radius 3 is 2.81 bits per heavy atom. The summed E-state index contributed by atoms with van der Waals surface area (Å²) in [6, 6.07) is 8.14. The molecule has 1 atom stereocenters. The monoisotopic (exact) mass is 392 g/mol. The van der Waals surface area contributed by atoms with Crippen molar-refractivity contribution >= 4 is 21.7 Å². The molecule has 1 aliphatic rings. The minimum Gasteiger partial charge on any atom is -0.462 e. The number of aromatic amines is 1. The van der Waals surface area contributed by atoms with E-state index in [4.69, 9.17) is 4.74 Å². The van der Waals surface area contributed by atoms with Crippen LogP contribution in [-0.4, -0.2) is 61.2 Å². The number of H-pyrrole nitrogens is 1. The number of nitrogens with zero attached hydrogens (tertiary/aromatic N) is 3. The van der Waals surface area contributed by atoms with Crippen LogP contribution in [0.3, 0.4) is 0 Å². The van der Waals surface area contributed by atoms with Crippen LogP contribution in [0.5, 0.6) is 0 Å². The Morgan fingerprint density at radius 2 is 2.15 bits per heavy atom. The number of hydrogen-bond donors (Lipinski definition) is 1. The van der Waals surface area contributed by atoms with Gasteiger partial charge < -0.3 is 9.64 Å². The summed E-state index contributed by atoms with van der Waals surface area (Å²) in [4.78, 5) is 14.2. The first kappa shape index (κ1) is 19.4. The lowest BCUT2D eigenvalue weighted by atomic mass is 10.1. The smallest absolute Gasteiger partial charge is 0.342 e. The molecule has 1 aromatic carbocycles. The quantitative estimate of drug-likeness (QED) is 0.780. The summed E-state index contributed by atoms with van der Waals surface area (Å²) in [6.45, 7) is 7.05. The first-order valence-corrected chi connectivity index (χ1v) is 10.3. The van der Waals surface area contributed by atoms with Gasteiger partial charge in [-0.1, -0.05) is 12.1 Å². The Bertz CT molecular complexity index is 925. The molecule has 0 radical (unpaired) electrons. The van der Waals surface area contributed by atoms with Gasteiger partial charge in [0.05, 0.1) is 12.8 Å². The van der Waals surface area contributed by atoms with Crippen molar-refractivity contribution in [2.45, 2.75) is 31.8 Å². The molecule has 1 saturated heterocycles. The van der Waals surface area contributed by atoms with E-state index in [-0.39, 0.29) is 23.2 Å². The van der Waals surface area contributed by atoms with Crippen LogP contribution in [0.2, 0.25) is 0 Å². The number of nitrogens with one attached hydrogen (secondary N) is 1. The van der Waals surface area contributed by atoms with Gasteiger partial charge in [0.15, 0.2) is 5.03 Å². The van der Waals surface area contributed by atoms with Gasteiger partial charge in [-0.25, -0.2) is 13.2 Å². The van der Waals surface area contributed by atoms with Gasteiger partial charge in [0.1, 0.15) is 5.56 Å². The molecule has 0 aliphatic carbocycles. The van der Waals surface area contributed by atoms with Crippen molar-refractivity contribution in [1.29, 1.82) is 0 Å². The second-order valence-corrected chi connectivity index (χ2v) is 8.45. The largest absolute Gasteiger partial charge is 0.462 e. The minimum atomic E-state index is -3.87. The van der Waals surface area contributed by atoms with Gasteiger partial charge in [-0.15, -0.1) is 0 Å². The van der Waals surface area contributed by atoms with Crippen LogP contribution in [0.25, 0.3) is 0 Å². The molecule has 9 heteroatoms. The first-order chi connectivity index (χ1) is 12.8. The highest BCUT2D eigenvalue weighted by molar-refractivity contribution is 7.89. The van der Waals surface area contributed by atoms with E-state index in [9.17, 15) is 13.2 Å². The molecule has 1 aliphatic heterocycles. The van der Waals surface area contributed by atoms with Gasteiger partial charge in [-0.05, 0) is 38.5 Å². The molecule has 2 aromatic rings. The van der Waals surface area contributed by atoms with Crippen LogP contribution in [0.1, 0.15) is 29.8 Å². The fraction of sp³-hybridized carbons (Fsp3) is 0.444. The van der Waals surface area contributed by atoms with Gasteiger partial charge in [0.2, 0.25) is 0 Å². The second-order valence-electron chi connectivity index (χ2n) is 6.58. The Kier molecular flexibility index (Phi) is 5.52. The zero-order valence-electron chi connectivity index (χ0n) is 15.7. The van der Waals surface area contributed by atoms with E-state index >= 15 is 0 Å². The topological polar surface area (TPSA) is 95.6 Å². The summed E-state index contributed by atoms with van der Waals surface area (Å²) in [7, 11) is -3.87. The highest BCUT2D eigenvalue weighted by Gasteiger charge is 2.36. The van der Waals surface area contributed by atoms with E-state index in [2.05, 4.69) is 21.2 Å². The number of carbonyl (C=O) groups excluding carboxylic acids is 1. The maximum Gasteiger partial charge on any atom is 0.342 e. The number of ether oxygens (including phenoxy) is 1. The average Bonchev–Trinajstić information content (AvgIpc) is 3.12. The SMILES string of the molecule is CCOC(=O)c1cn[nH]c1S(=O)(=O)N1CCN(c2cccc(C)c2)C(C)C1. The van der Waals surface area contributed by atoms with Crippen molar-refractivity contribution < 1.29 is 17.9 Å². The second kappa shape index (κ2) is 7.69. The third-order valence-electron chi connectivity index (χ3n) is 4.62. The van der Waals surface area contributed by atoms with Crippen molar-refractivity contribution in [3.63, 3.8) is 0 Å². The van der Waals surface area contributed by atoms with Crippen LogP contribution in [0.15, 0.2) is 35.5 Å². The van der Waals surface area contributed by atoms with Gasteiger partial charge in [0, 0.05) is 31.4 Å². The standard InChI is InChI=1S/C18H24N4O4S/c1-4-26-18(23)16-11-19-20-17(16)27(24,25)21-8-9-22(14(3)12-21)15-7-5-6-13(2)10-15/h5-7,10-11,14H,4,8-9,12H2,1-3H3,(H,19,20). The summed E-state index contributed by atoms with van der Waals surface area (Å²) in [5.74, 6) is -0.698. The number of anilines is 1. The van der Waals surface area contributed by atoms with Crippen LogP contribution in [-0.2, 0) is 14.8 Å². The zero-order valence-corrected chi connectivity index (χ0v) is 16.5. The summed E-state index contributed by atoms with van der Waals surface area (Å²) in [6.07, 6.45) is 1.19. The molecule has 1 N–H and O–H groups in total. The number of esters is 1. The molecule has 1 fully saturated rings. The highest BCUT2D eigenvalue weighted by atomic mass is 32.2. The molecule has 2 heterocycles. The Labute approximate surface area is 159 Å². The third kappa shape index (κ3) is 3.84. The molecule has 1 aromatic heterocycles. The normalized spacial score (nSPS) is 18.5. The molecule has 27 heavy (non-hydrogen) atoms. The molecule has 0 spiro atoms. The molecule has 146 valence electrons. The van der Waals surface area contributed by atoms with Gasteiger partial charge in [-0.2, -0.15) is 9.40 Å². The third-order valence-corrected chi connectivity index (χ3v) is 6.46. The number of aryl methyl sites for hydroxylation is 1. The zero-order chi connectivity index (χ0) is 19.6. The van der Waals surface area contributed by atoms with E-state index in [0.29, 0.717) is 19.6 Å². The molecule has 0 saturated carbocycles. The molecule has 1 unspecified atom stereocenters. The van der Waals surface area contributed by atoms with Crippen LogP contribution < -0.4 is 4.90 Å². The van der Waals surface area contributed by atoms with Crippen LogP contribution in [0, 0.1) is 6.92 Å². The van der Waals surface area contributed by atoms with Gasteiger partial charge >= 0.3 is 5.97 Å². The highest BCUT2D eigenvalue weighted by Crippen LogP contribution is 2.25. The predicted octanol–water partition coefficient (Wildman–Crippen LogP) is 1.79. The lowest BCUT2D eigenvalue weighted by Crippen LogP contribution is -2.53. The number of rotatable bonds is 5. The first-order valence-electron chi connectivity index (χ1n) is 8.88. The van der Waals surface area contributed by atoms with Crippen LogP contribution >= 0.6 is 0 Å². The van der Waals surface area contributed by atoms with E-state index in [0.717, 1.165) is 11.3 Å². The number of carbonyl (C=O) groups is 1. The lowest BCUT2D eigenvalue weighted by molar-refractivity contribution is 0.0521. The van der Waals surface area contributed by atoms with Crippen molar-refractivity contribution in [2.24, 2.45) is 0 Å². The minimum absolute atomic E-state index is 0.00992. The molecule has 0 amide bonds. The maximum atomic E-state index is 13.0. The van der Waals surface area contributed by atoms with E-state index in [1.165, 1.54) is 10.5 Å². The summed E-state index contributed by atoms with van der Waals surface area (Å²) in [5.41, 5.74) is 2.17. The summed E-state index contributed by atoms with van der Waals surface area (Å²) < 4.78 is 32.4. The molecule has 0 bridgehead atoms. The van der Waals surface area contributed by atoms with Gasteiger partial charge in [-0.3, -0.25) is 5.10 Å². The van der Waals surface area contributed by atoms with E-state index in [1.807, 2.05) is 32.0 Å². The number of hydrogen-bond acceptors (Lipinski definition) is 6. The summed E-state index contributed by atoms with van der Waals surface area (Å²) in [5, 5.41) is 5.98. The summed E-state index contributed by atoms with van der Waals surface area (Å²) >= 11 is 0. The fourth-order valence-electron chi connectivity index (χ4n) is 3.29. The van der Waals surface area contributed by atoms with Crippen molar-refractivity contribution in [1.82, 2.24) is 14.5 Å². The molecular formula is C18H24N4O4S. The number of sulfonamides is 1. The van der Waals surface area contributed by atoms with Crippen molar-refractivity contribution in [3.8, 4) is 0 Å². The van der Waals surface area contributed by atoms with E-state index in [1.54, 1.807) is 6.92 Å². The lowest BCUT2D eigenvalue weighted by Gasteiger charge is -2.40. The number of aromatic nitrogens is 2. The average molecular weight is 392 g/mol. The number of piperazine rings is 1. The fourth-order valence-corrected chi connectivity index (χ4v) is 4.86.